The van der Waals surface area contributed by atoms with Crippen molar-refractivity contribution in [2.24, 2.45) is 0 Å². The van der Waals surface area contributed by atoms with Gasteiger partial charge in [-0.2, -0.15) is 0 Å². The fraction of sp³-hybridized carbons (Fsp3) is 0. The van der Waals surface area contributed by atoms with E-state index in [9.17, 15) is 0 Å². The van der Waals surface area contributed by atoms with Crippen molar-refractivity contribution >= 4 is 65.9 Å². The molecule has 9 rings (SSSR count). The molecular formula is C34H20N6. The van der Waals surface area contributed by atoms with Crippen LogP contribution < -0.4 is 0 Å². The van der Waals surface area contributed by atoms with Crippen molar-refractivity contribution in [2.45, 2.75) is 0 Å². The van der Waals surface area contributed by atoms with Crippen LogP contribution in [0.25, 0.3) is 77.3 Å². The molecule has 6 nitrogen and oxygen atoms in total. The second-order valence-corrected chi connectivity index (χ2v) is 10.0. The van der Waals surface area contributed by atoms with Crippen LogP contribution in [-0.2, 0) is 0 Å². The van der Waals surface area contributed by atoms with Crippen molar-refractivity contribution in [3.63, 3.8) is 0 Å². The van der Waals surface area contributed by atoms with Crippen LogP contribution in [0.3, 0.4) is 0 Å². The summed E-state index contributed by atoms with van der Waals surface area (Å²) in [5, 5.41) is 4.27. The quantitative estimate of drug-likeness (QED) is 0.237. The first-order valence-corrected chi connectivity index (χ1v) is 13.2. The number of hydrogen-bond acceptors (Lipinski definition) is 4. The first kappa shape index (κ1) is 21.3. The maximum absolute atomic E-state index is 4.96. The molecule has 0 fully saturated rings. The minimum atomic E-state index is 0.760. The van der Waals surface area contributed by atoms with Gasteiger partial charge < -0.3 is 9.13 Å². The molecule has 0 saturated carbocycles. The Balaban J connectivity index is 1.29. The van der Waals surface area contributed by atoms with Crippen LogP contribution in [0.4, 0.5) is 0 Å². The van der Waals surface area contributed by atoms with Gasteiger partial charge in [0.25, 0.3) is 0 Å². The highest BCUT2D eigenvalue weighted by molar-refractivity contribution is 6.11. The Bertz CT molecular complexity index is 2260. The van der Waals surface area contributed by atoms with Crippen molar-refractivity contribution in [1.29, 1.82) is 0 Å². The number of para-hydroxylation sites is 2. The maximum Gasteiger partial charge on any atom is 0.159 e. The zero-order valence-electron chi connectivity index (χ0n) is 21.2. The Kier molecular flexibility index (Phi) is 4.24. The average molecular weight is 513 g/mol. The Labute approximate surface area is 227 Å². The predicted molar refractivity (Wildman–Crippen MR) is 161 cm³/mol. The van der Waals surface area contributed by atoms with E-state index in [-0.39, 0.29) is 0 Å². The van der Waals surface area contributed by atoms with Gasteiger partial charge in [-0.15, -0.1) is 0 Å². The molecule has 0 N–H and O–H groups in total. The van der Waals surface area contributed by atoms with Gasteiger partial charge in [0.2, 0.25) is 0 Å². The van der Waals surface area contributed by atoms with E-state index >= 15 is 0 Å². The summed E-state index contributed by atoms with van der Waals surface area (Å²) in [7, 11) is 0. The van der Waals surface area contributed by atoms with Crippen molar-refractivity contribution < 1.29 is 0 Å². The highest BCUT2D eigenvalue weighted by Gasteiger charge is 2.17. The summed E-state index contributed by atoms with van der Waals surface area (Å²) < 4.78 is 4.58. The molecule has 0 saturated heterocycles. The molecule has 0 unspecified atom stereocenters. The molecule has 0 radical (unpaired) electrons. The van der Waals surface area contributed by atoms with E-state index in [0.29, 0.717) is 0 Å². The molecule has 0 aliphatic heterocycles. The van der Waals surface area contributed by atoms with Crippen LogP contribution in [0.5, 0.6) is 0 Å². The van der Waals surface area contributed by atoms with Crippen LogP contribution in [0.2, 0.25) is 0 Å². The second kappa shape index (κ2) is 7.94. The minimum Gasteiger partial charge on any atom is -0.308 e. The molecular weight excluding hydrogens is 492 g/mol. The summed E-state index contributed by atoms with van der Waals surface area (Å²) in [5.74, 6) is 0. The molecule has 6 heteroatoms. The highest BCUT2D eigenvalue weighted by Crippen LogP contribution is 2.35. The van der Waals surface area contributed by atoms with E-state index < -0.39 is 0 Å². The lowest BCUT2D eigenvalue weighted by Gasteiger charge is -2.12. The predicted octanol–water partition coefficient (Wildman–Crippen LogP) is 7.77. The van der Waals surface area contributed by atoms with Crippen molar-refractivity contribution in [2.75, 3.05) is 0 Å². The van der Waals surface area contributed by atoms with Crippen LogP contribution in [0.1, 0.15) is 0 Å². The Morgan fingerprint density at radius 1 is 0.425 bits per heavy atom. The van der Waals surface area contributed by atoms with E-state index in [2.05, 4.69) is 116 Å². The third-order valence-corrected chi connectivity index (χ3v) is 7.79. The molecule has 9 aromatic rings. The lowest BCUT2D eigenvalue weighted by atomic mass is 10.2. The van der Waals surface area contributed by atoms with Crippen LogP contribution in [0.15, 0.2) is 122 Å². The van der Waals surface area contributed by atoms with Gasteiger partial charge in [-0.1, -0.05) is 36.4 Å². The molecule has 0 aliphatic carbocycles. The molecule has 0 spiro atoms. The zero-order valence-corrected chi connectivity index (χ0v) is 21.2. The Morgan fingerprint density at radius 3 is 1.35 bits per heavy atom. The average Bonchev–Trinajstić information content (AvgIpc) is 3.51. The summed E-state index contributed by atoms with van der Waals surface area (Å²) in [6.07, 6.45) is 3.59. The molecule has 40 heavy (non-hydrogen) atoms. The van der Waals surface area contributed by atoms with Gasteiger partial charge in [-0.3, -0.25) is 0 Å². The fourth-order valence-corrected chi connectivity index (χ4v) is 6.03. The molecule has 0 amide bonds. The SMILES string of the molecule is c1cnc2nc3c4ccccc4n(-c4ccc(-n5c6ccccc6c6nc7ncccc7cc65)cc4)c3cc2c1. The third kappa shape index (κ3) is 2.93. The smallest absolute Gasteiger partial charge is 0.159 e. The highest BCUT2D eigenvalue weighted by atomic mass is 15.0. The molecule has 0 bridgehead atoms. The first-order chi connectivity index (χ1) is 19.8. The van der Waals surface area contributed by atoms with Gasteiger partial charge in [0.05, 0.1) is 33.1 Å². The van der Waals surface area contributed by atoms with Crippen LogP contribution in [-0.4, -0.2) is 29.1 Å². The van der Waals surface area contributed by atoms with Crippen molar-refractivity contribution in [3.05, 3.63) is 122 Å². The zero-order chi connectivity index (χ0) is 26.2. The number of fused-ring (bicyclic) bond motifs is 8. The van der Waals surface area contributed by atoms with Gasteiger partial charge in [0, 0.05) is 45.3 Å². The van der Waals surface area contributed by atoms with E-state index in [1.165, 1.54) is 0 Å². The van der Waals surface area contributed by atoms with Crippen molar-refractivity contribution in [3.8, 4) is 11.4 Å². The number of aromatic nitrogens is 6. The standard InChI is InChI=1S/C34H20N6/c1-3-11-27-25(9-1)31-29(19-21-7-5-17-35-33(21)37-31)39(27)23-13-15-24(16-14-23)40-28-12-4-2-10-26(28)32-30(40)20-22-8-6-18-36-34(22)38-32/h1-20H. The second-order valence-electron chi connectivity index (χ2n) is 10.0. The maximum atomic E-state index is 4.96. The van der Waals surface area contributed by atoms with Crippen LogP contribution >= 0.6 is 0 Å². The molecule has 0 aliphatic rings. The number of hydrogen-bond donors (Lipinski definition) is 0. The van der Waals surface area contributed by atoms with E-state index in [4.69, 9.17) is 9.97 Å². The minimum absolute atomic E-state index is 0.760. The fourth-order valence-electron chi connectivity index (χ4n) is 6.03. The number of pyridine rings is 4. The normalized spacial score (nSPS) is 12.0. The lowest BCUT2D eigenvalue weighted by Crippen LogP contribution is -1.98. The van der Waals surface area contributed by atoms with E-state index in [0.717, 1.165) is 77.3 Å². The largest absolute Gasteiger partial charge is 0.308 e. The monoisotopic (exact) mass is 512 g/mol. The summed E-state index contributed by atoms with van der Waals surface area (Å²) in [6, 6.07) is 38.0. The lowest BCUT2D eigenvalue weighted by molar-refractivity contribution is 1.14. The van der Waals surface area contributed by atoms with Gasteiger partial charge in [0.1, 0.15) is 0 Å². The van der Waals surface area contributed by atoms with Gasteiger partial charge >= 0.3 is 0 Å². The van der Waals surface area contributed by atoms with Gasteiger partial charge in [-0.05, 0) is 72.8 Å². The molecule has 6 aromatic heterocycles. The van der Waals surface area contributed by atoms with E-state index in [1.807, 2.05) is 12.1 Å². The summed E-state index contributed by atoms with van der Waals surface area (Å²) in [4.78, 5) is 18.9. The number of nitrogens with zero attached hydrogens (tertiary/aromatic N) is 6. The Hall–Kier alpha value is -5.62. The number of benzene rings is 3. The van der Waals surface area contributed by atoms with Gasteiger partial charge in [0.15, 0.2) is 11.3 Å². The topological polar surface area (TPSA) is 61.4 Å². The third-order valence-electron chi connectivity index (χ3n) is 7.79. The number of rotatable bonds is 2. The molecule has 0 atom stereocenters. The van der Waals surface area contributed by atoms with E-state index in [1.54, 1.807) is 12.4 Å². The molecule has 3 aromatic carbocycles. The first-order valence-electron chi connectivity index (χ1n) is 13.2. The summed E-state index contributed by atoms with van der Waals surface area (Å²) >= 11 is 0. The summed E-state index contributed by atoms with van der Waals surface area (Å²) in [6.45, 7) is 0. The Morgan fingerprint density at radius 2 is 0.875 bits per heavy atom. The van der Waals surface area contributed by atoms with Crippen LogP contribution in [0, 0.1) is 0 Å². The van der Waals surface area contributed by atoms with Crippen molar-refractivity contribution in [1.82, 2.24) is 29.1 Å². The van der Waals surface area contributed by atoms with Gasteiger partial charge in [-0.25, -0.2) is 19.9 Å². The molecule has 6 heterocycles. The summed E-state index contributed by atoms with van der Waals surface area (Å²) in [5.41, 5.74) is 9.96. The molecule has 186 valence electrons.